The highest BCUT2D eigenvalue weighted by Crippen LogP contribution is 2.13. The van der Waals surface area contributed by atoms with Crippen molar-refractivity contribution in [3.63, 3.8) is 0 Å². The summed E-state index contributed by atoms with van der Waals surface area (Å²) >= 11 is 0. The van der Waals surface area contributed by atoms with Crippen LogP contribution < -0.4 is 0 Å². The molecule has 0 saturated carbocycles. The Bertz CT molecular complexity index is 241. The number of halogens is 1. The molecule has 59 valence electrons. The molecule has 11 heavy (non-hydrogen) atoms. The molecule has 0 spiro atoms. The minimum absolute atomic E-state index is 0.188. The molecule has 1 heteroatoms. The van der Waals surface area contributed by atoms with Crippen molar-refractivity contribution in [2.75, 3.05) is 0 Å². The van der Waals surface area contributed by atoms with Crippen LogP contribution >= 0.6 is 0 Å². The fourth-order valence-corrected chi connectivity index (χ4v) is 1.26. The maximum atomic E-state index is 13.0. The van der Waals surface area contributed by atoms with Crippen molar-refractivity contribution in [2.45, 2.75) is 26.7 Å². The zero-order valence-electron chi connectivity index (χ0n) is 6.95. The molecule has 0 heterocycles. The third kappa shape index (κ3) is 1.59. The fraction of sp³-hybridized carbons (Fsp3) is 0.400. The summed E-state index contributed by atoms with van der Waals surface area (Å²) in [6.07, 6.45) is 1.65. The molecule has 0 aromatic heterocycles. The lowest BCUT2D eigenvalue weighted by Crippen LogP contribution is -1.94. The summed E-state index contributed by atoms with van der Waals surface area (Å²) in [7, 11) is 0. The summed E-state index contributed by atoms with van der Waals surface area (Å²) in [5.41, 5.74) is 1.92. The normalized spacial score (nSPS) is 10.1. The molecule has 0 aliphatic heterocycles. The van der Waals surface area contributed by atoms with Crippen molar-refractivity contribution in [2.24, 2.45) is 0 Å². The highest BCUT2D eigenvalue weighted by molar-refractivity contribution is 5.27. The zero-order chi connectivity index (χ0) is 8.27. The van der Waals surface area contributed by atoms with E-state index >= 15 is 0 Å². The molecule has 0 amide bonds. The summed E-state index contributed by atoms with van der Waals surface area (Å²) in [5.74, 6) is -0.188. The van der Waals surface area contributed by atoms with Gasteiger partial charge in [-0.2, -0.15) is 0 Å². The van der Waals surface area contributed by atoms with E-state index in [0.717, 1.165) is 24.0 Å². The van der Waals surface area contributed by atoms with Gasteiger partial charge in [-0.1, -0.05) is 26.0 Å². The predicted molar refractivity (Wildman–Crippen MR) is 44.0 cm³/mol. The van der Waals surface area contributed by atoms with Crippen LogP contribution in [0.3, 0.4) is 0 Å². The Hall–Kier alpha value is -0.850. The van der Waals surface area contributed by atoms with E-state index in [1.165, 1.54) is 0 Å². The molecule has 0 fully saturated rings. The first-order valence-electron chi connectivity index (χ1n) is 3.97. The lowest BCUT2D eigenvalue weighted by molar-refractivity contribution is 0.606. The van der Waals surface area contributed by atoms with Crippen molar-refractivity contribution in [3.8, 4) is 0 Å². The molecule has 0 aliphatic rings. The van der Waals surface area contributed by atoms with Crippen molar-refractivity contribution in [1.29, 1.82) is 0 Å². The van der Waals surface area contributed by atoms with Gasteiger partial charge >= 0.3 is 0 Å². The van der Waals surface area contributed by atoms with Crippen LogP contribution in [-0.4, -0.2) is 0 Å². The molecule has 0 saturated heterocycles. The van der Waals surface area contributed by atoms with Crippen molar-refractivity contribution in [1.82, 2.24) is 0 Å². The Morgan fingerprint density at radius 2 is 2.09 bits per heavy atom. The van der Waals surface area contributed by atoms with Gasteiger partial charge in [-0.3, -0.25) is 0 Å². The Labute approximate surface area is 67.1 Å². The van der Waals surface area contributed by atoms with Gasteiger partial charge in [0.05, 0.1) is 0 Å². The van der Waals surface area contributed by atoms with Crippen LogP contribution in [0.25, 0.3) is 0 Å². The molecule has 1 radical (unpaired) electrons. The van der Waals surface area contributed by atoms with Gasteiger partial charge in [0.15, 0.2) is 0 Å². The van der Waals surface area contributed by atoms with E-state index in [1.54, 1.807) is 6.07 Å². The van der Waals surface area contributed by atoms with Gasteiger partial charge < -0.3 is 0 Å². The van der Waals surface area contributed by atoms with E-state index in [-0.39, 0.29) is 5.82 Å². The van der Waals surface area contributed by atoms with Gasteiger partial charge in [-0.15, -0.1) is 0 Å². The van der Waals surface area contributed by atoms with Gasteiger partial charge in [-0.05, 0) is 24.0 Å². The smallest absolute Gasteiger partial charge is 0.134 e. The number of benzene rings is 1. The van der Waals surface area contributed by atoms with Crippen LogP contribution in [0.1, 0.15) is 25.0 Å². The van der Waals surface area contributed by atoms with Gasteiger partial charge in [0.25, 0.3) is 0 Å². The molecule has 1 aromatic rings. The minimum Gasteiger partial charge on any atom is -0.206 e. The van der Waals surface area contributed by atoms with Crippen LogP contribution in [0.5, 0.6) is 0 Å². The lowest BCUT2D eigenvalue weighted by atomic mass is 10.0. The second kappa shape index (κ2) is 3.51. The topological polar surface area (TPSA) is 0 Å². The summed E-state index contributed by atoms with van der Waals surface area (Å²) in [4.78, 5) is 0. The molecule has 0 unspecified atom stereocenters. The molecule has 1 aromatic carbocycles. The Morgan fingerprint density at radius 1 is 1.36 bits per heavy atom. The first-order chi connectivity index (χ1) is 5.29. The van der Waals surface area contributed by atoms with Crippen LogP contribution in [0, 0.1) is 11.9 Å². The van der Waals surface area contributed by atoms with E-state index in [2.05, 4.69) is 6.07 Å². The second-order valence-electron chi connectivity index (χ2n) is 2.50. The zero-order valence-corrected chi connectivity index (χ0v) is 6.95. The van der Waals surface area contributed by atoms with E-state index in [9.17, 15) is 4.39 Å². The molecule has 0 bridgehead atoms. The fourth-order valence-electron chi connectivity index (χ4n) is 1.26. The van der Waals surface area contributed by atoms with E-state index in [1.807, 2.05) is 19.9 Å². The first kappa shape index (κ1) is 8.25. The van der Waals surface area contributed by atoms with Crippen molar-refractivity contribution >= 4 is 0 Å². The summed E-state index contributed by atoms with van der Waals surface area (Å²) in [6, 6.07) is 6.14. The van der Waals surface area contributed by atoms with E-state index < -0.39 is 0 Å². The van der Waals surface area contributed by atoms with Crippen LogP contribution in [0.4, 0.5) is 4.39 Å². The van der Waals surface area contributed by atoms with Crippen LogP contribution in [-0.2, 0) is 12.8 Å². The van der Waals surface area contributed by atoms with Crippen molar-refractivity contribution in [3.05, 3.63) is 35.1 Å². The standard InChI is InChI=1S/C10H12F/c1-3-8-6-5-7-10(11)9(8)4-2/h5-6H,3-4H2,1-2H3. The quantitative estimate of drug-likeness (QED) is 0.609. The second-order valence-corrected chi connectivity index (χ2v) is 2.50. The number of aryl methyl sites for hydroxylation is 1. The van der Waals surface area contributed by atoms with Gasteiger partial charge in [0.1, 0.15) is 5.82 Å². The maximum absolute atomic E-state index is 13.0. The Kier molecular flexibility index (Phi) is 2.64. The summed E-state index contributed by atoms with van der Waals surface area (Å²) in [6.45, 7) is 4.00. The van der Waals surface area contributed by atoms with Crippen LogP contribution in [0.2, 0.25) is 0 Å². The molecule has 0 nitrogen and oxygen atoms in total. The van der Waals surface area contributed by atoms with Gasteiger partial charge in [-0.25, -0.2) is 4.39 Å². The van der Waals surface area contributed by atoms with Gasteiger partial charge in [0, 0.05) is 6.07 Å². The minimum atomic E-state index is -0.188. The molecular weight excluding hydrogens is 139 g/mol. The third-order valence-corrected chi connectivity index (χ3v) is 1.88. The highest BCUT2D eigenvalue weighted by atomic mass is 19.1. The molecule has 0 aliphatic carbocycles. The van der Waals surface area contributed by atoms with Crippen molar-refractivity contribution < 1.29 is 4.39 Å². The SMILES string of the molecule is CCc1cc[c]c(F)c1CC. The Balaban J connectivity index is 3.13. The highest BCUT2D eigenvalue weighted by Gasteiger charge is 2.03. The molecular formula is C10H12F. The summed E-state index contributed by atoms with van der Waals surface area (Å²) in [5, 5.41) is 0. The summed E-state index contributed by atoms with van der Waals surface area (Å²) < 4.78 is 13.0. The van der Waals surface area contributed by atoms with E-state index in [0.29, 0.717) is 0 Å². The van der Waals surface area contributed by atoms with Crippen LogP contribution in [0.15, 0.2) is 12.1 Å². The monoisotopic (exact) mass is 151 g/mol. The Morgan fingerprint density at radius 3 is 2.55 bits per heavy atom. The average Bonchev–Trinajstić information content (AvgIpc) is 2.04. The number of hydrogen-bond acceptors (Lipinski definition) is 0. The molecule has 0 atom stereocenters. The number of hydrogen-bond donors (Lipinski definition) is 0. The van der Waals surface area contributed by atoms with E-state index in [4.69, 9.17) is 0 Å². The maximum Gasteiger partial charge on any atom is 0.134 e. The molecule has 0 N–H and O–H groups in total. The van der Waals surface area contributed by atoms with Gasteiger partial charge in [0.2, 0.25) is 0 Å². The average molecular weight is 151 g/mol. The molecule has 1 rings (SSSR count). The number of rotatable bonds is 2. The lowest BCUT2D eigenvalue weighted by Gasteiger charge is -2.04. The largest absolute Gasteiger partial charge is 0.206 e. The third-order valence-electron chi connectivity index (χ3n) is 1.88. The first-order valence-corrected chi connectivity index (χ1v) is 3.97. The predicted octanol–water partition coefficient (Wildman–Crippen LogP) is 2.75.